The molecule has 7 nitrogen and oxygen atoms in total. The highest BCUT2D eigenvalue weighted by atomic mass is 16.6. The number of piperidine rings is 1. The molecule has 1 fully saturated rings. The summed E-state index contributed by atoms with van der Waals surface area (Å²) in [5.74, 6) is -0.0388. The van der Waals surface area contributed by atoms with Gasteiger partial charge < -0.3 is 19.1 Å². The Morgan fingerprint density at radius 1 is 1.03 bits per heavy atom. The van der Waals surface area contributed by atoms with E-state index in [-0.39, 0.29) is 18.0 Å². The molecule has 0 atom stereocenters. The Kier molecular flexibility index (Phi) is 6.40. The van der Waals surface area contributed by atoms with Crippen LogP contribution < -0.4 is 0 Å². The lowest BCUT2D eigenvalue weighted by Crippen LogP contribution is -2.48. The number of para-hydroxylation sites is 2. The van der Waals surface area contributed by atoms with E-state index in [1.165, 1.54) is 0 Å². The molecule has 1 saturated heterocycles. The van der Waals surface area contributed by atoms with Crippen molar-refractivity contribution in [2.45, 2.75) is 32.4 Å². The largest absolute Gasteiger partial charge is 0.450 e. The van der Waals surface area contributed by atoms with Gasteiger partial charge in [0.2, 0.25) is 0 Å². The summed E-state index contributed by atoms with van der Waals surface area (Å²) >= 11 is 0. The number of hydrogen-bond acceptors (Lipinski definition) is 4. The first-order chi connectivity index (χ1) is 17.0. The summed E-state index contributed by atoms with van der Waals surface area (Å²) in [5, 5.41) is 2.10. The van der Waals surface area contributed by atoms with Gasteiger partial charge in [-0.1, -0.05) is 36.4 Å². The van der Waals surface area contributed by atoms with Crippen molar-refractivity contribution in [1.29, 1.82) is 0 Å². The molecule has 2 aromatic carbocycles. The van der Waals surface area contributed by atoms with Gasteiger partial charge in [0.15, 0.2) is 0 Å². The summed E-state index contributed by atoms with van der Waals surface area (Å²) in [7, 11) is 2.04. The van der Waals surface area contributed by atoms with Gasteiger partial charge in [-0.2, -0.15) is 0 Å². The Hall–Kier alpha value is -3.87. The molecule has 35 heavy (non-hydrogen) atoms. The highest BCUT2D eigenvalue weighted by Crippen LogP contribution is 2.26. The third kappa shape index (κ3) is 4.58. The average Bonchev–Trinajstić information content (AvgIpc) is 3.22. The number of carbonyl (C=O) groups excluding carboxylic acids is 2. The molecule has 1 aliphatic rings. The molecule has 5 rings (SSSR count). The molecule has 0 saturated carbocycles. The summed E-state index contributed by atoms with van der Waals surface area (Å²) < 4.78 is 7.33. The molecule has 2 aromatic heterocycles. The molecule has 0 unspecified atom stereocenters. The standard InChI is InChI=1S/C28H30N4O3/c1-3-35-28(34)31-14-12-23(13-15-31)32(19-24-17-21-9-5-7-11-26(21)30(24)2)27(33)22-16-20-8-4-6-10-25(20)29-18-22/h4-11,16-18,23H,3,12-15,19H2,1-2H3. The Balaban J connectivity index is 1.45. The van der Waals surface area contributed by atoms with Crippen molar-refractivity contribution in [1.82, 2.24) is 19.4 Å². The van der Waals surface area contributed by atoms with Crippen LogP contribution in [-0.2, 0) is 18.3 Å². The maximum Gasteiger partial charge on any atom is 0.409 e. The van der Waals surface area contributed by atoms with Crippen LogP contribution >= 0.6 is 0 Å². The molecular formula is C28H30N4O3. The predicted octanol–water partition coefficient (Wildman–Crippen LogP) is 4.99. The average molecular weight is 471 g/mol. The zero-order chi connectivity index (χ0) is 24.4. The highest BCUT2D eigenvalue weighted by Gasteiger charge is 2.31. The fourth-order valence-corrected chi connectivity index (χ4v) is 4.97. The molecule has 3 heterocycles. The number of fused-ring (bicyclic) bond motifs is 2. The van der Waals surface area contributed by atoms with Crippen LogP contribution in [0.5, 0.6) is 0 Å². The zero-order valence-electron chi connectivity index (χ0n) is 20.2. The van der Waals surface area contributed by atoms with Crippen LogP contribution in [0.1, 0.15) is 35.8 Å². The molecule has 1 aliphatic heterocycles. The number of amides is 2. The van der Waals surface area contributed by atoms with Crippen LogP contribution in [-0.4, -0.2) is 57.1 Å². The number of hydrogen-bond donors (Lipinski definition) is 0. The number of aromatic nitrogens is 2. The van der Waals surface area contributed by atoms with Crippen LogP contribution in [0.2, 0.25) is 0 Å². The smallest absolute Gasteiger partial charge is 0.409 e. The van der Waals surface area contributed by atoms with Crippen LogP contribution in [0.15, 0.2) is 66.9 Å². The van der Waals surface area contributed by atoms with E-state index >= 15 is 0 Å². The Morgan fingerprint density at radius 2 is 1.74 bits per heavy atom. The number of benzene rings is 2. The van der Waals surface area contributed by atoms with Gasteiger partial charge in [-0.25, -0.2) is 4.79 Å². The minimum Gasteiger partial charge on any atom is -0.450 e. The van der Waals surface area contributed by atoms with Crippen molar-refractivity contribution in [3.05, 3.63) is 78.1 Å². The number of carbonyl (C=O) groups is 2. The number of nitrogens with zero attached hydrogens (tertiary/aromatic N) is 4. The van der Waals surface area contributed by atoms with Gasteiger partial charge in [-0.05, 0) is 49.4 Å². The van der Waals surface area contributed by atoms with Crippen LogP contribution in [0.4, 0.5) is 4.79 Å². The van der Waals surface area contributed by atoms with Crippen molar-refractivity contribution in [3.63, 3.8) is 0 Å². The fraction of sp³-hybridized carbons (Fsp3) is 0.321. The van der Waals surface area contributed by atoms with Gasteiger partial charge in [0.25, 0.3) is 5.91 Å². The van der Waals surface area contributed by atoms with E-state index in [4.69, 9.17) is 4.74 Å². The normalized spacial score (nSPS) is 14.4. The molecule has 7 heteroatoms. The van der Waals surface area contributed by atoms with Gasteiger partial charge in [0.1, 0.15) is 0 Å². The lowest BCUT2D eigenvalue weighted by atomic mass is 10.0. The Morgan fingerprint density at radius 3 is 2.49 bits per heavy atom. The second-order valence-electron chi connectivity index (χ2n) is 9.02. The van der Waals surface area contributed by atoms with Crippen molar-refractivity contribution in [3.8, 4) is 0 Å². The van der Waals surface area contributed by atoms with Crippen molar-refractivity contribution in [2.24, 2.45) is 7.05 Å². The van der Waals surface area contributed by atoms with Gasteiger partial charge in [-0.3, -0.25) is 9.78 Å². The van der Waals surface area contributed by atoms with Crippen molar-refractivity contribution < 1.29 is 14.3 Å². The zero-order valence-corrected chi connectivity index (χ0v) is 20.2. The van der Waals surface area contributed by atoms with Gasteiger partial charge in [0, 0.05) is 49.0 Å². The molecule has 4 aromatic rings. The maximum absolute atomic E-state index is 13.9. The number of pyridine rings is 1. The molecule has 180 valence electrons. The number of aryl methyl sites for hydroxylation is 1. The third-order valence-corrected chi connectivity index (χ3v) is 6.91. The Labute approximate surface area is 204 Å². The van der Waals surface area contributed by atoms with E-state index in [9.17, 15) is 9.59 Å². The first kappa shape index (κ1) is 22.9. The number of likely N-dealkylation sites (tertiary alicyclic amines) is 1. The summed E-state index contributed by atoms with van der Waals surface area (Å²) in [6.07, 6.45) is 2.80. The van der Waals surface area contributed by atoms with E-state index in [0.717, 1.165) is 27.5 Å². The second-order valence-corrected chi connectivity index (χ2v) is 9.02. The van der Waals surface area contributed by atoms with Crippen LogP contribution in [0.3, 0.4) is 0 Å². The van der Waals surface area contributed by atoms with E-state index in [1.54, 1.807) is 11.1 Å². The number of rotatable bonds is 5. The van der Waals surface area contributed by atoms with Crippen LogP contribution in [0, 0.1) is 0 Å². The second kappa shape index (κ2) is 9.78. The molecule has 0 N–H and O–H groups in total. The van der Waals surface area contributed by atoms with Crippen LogP contribution in [0.25, 0.3) is 21.8 Å². The Bertz CT molecular complexity index is 1370. The summed E-state index contributed by atoms with van der Waals surface area (Å²) in [5.41, 5.74) is 3.66. The van der Waals surface area contributed by atoms with E-state index in [1.807, 2.05) is 61.3 Å². The topological polar surface area (TPSA) is 67.7 Å². The first-order valence-electron chi connectivity index (χ1n) is 12.2. The van der Waals surface area contributed by atoms with Gasteiger partial charge in [-0.15, -0.1) is 0 Å². The third-order valence-electron chi connectivity index (χ3n) is 6.91. The monoisotopic (exact) mass is 470 g/mol. The van der Waals surface area contributed by atoms with Gasteiger partial charge in [0.05, 0.1) is 24.2 Å². The van der Waals surface area contributed by atoms with Crippen molar-refractivity contribution >= 4 is 33.8 Å². The minimum atomic E-state index is -0.281. The molecule has 0 radical (unpaired) electrons. The van der Waals surface area contributed by atoms with Gasteiger partial charge >= 0.3 is 6.09 Å². The van der Waals surface area contributed by atoms with E-state index in [2.05, 4.69) is 27.8 Å². The number of ether oxygens (including phenoxy) is 1. The summed E-state index contributed by atoms with van der Waals surface area (Å²) in [4.78, 5) is 34.3. The minimum absolute atomic E-state index is 0.0117. The molecule has 0 spiro atoms. The predicted molar refractivity (Wildman–Crippen MR) is 136 cm³/mol. The molecule has 0 bridgehead atoms. The summed E-state index contributed by atoms with van der Waals surface area (Å²) in [6.45, 7) is 3.80. The molecular weight excluding hydrogens is 440 g/mol. The lowest BCUT2D eigenvalue weighted by Gasteiger charge is -2.38. The highest BCUT2D eigenvalue weighted by molar-refractivity contribution is 5.97. The quantitative estimate of drug-likeness (QED) is 0.412. The lowest BCUT2D eigenvalue weighted by molar-refractivity contribution is 0.0511. The summed E-state index contributed by atoms with van der Waals surface area (Å²) in [6, 6.07) is 20.2. The first-order valence-corrected chi connectivity index (χ1v) is 12.2. The van der Waals surface area contributed by atoms with E-state index in [0.29, 0.717) is 44.6 Å². The van der Waals surface area contributed by atoms with E-state index < -0.39 is 0 Å². The molecule has 0 aliphatic carbocycles. The fourth-order valence-electron chi connectivity index (χ4n) is 4.97. The molecule has 2 amide bonds. The maximum atomic E-state index is 13.9. The SMILES string of the molecule is CCOC(=O)N1CCC(N(Cc2cc3ccccc3n2C)C(=O)c2cnc3ccccc3c2)CC1. The van der Waals surface area contributed by atoms with Crippen molar-refractivity contribution in [2.75, 3.05) is 19.7 Å².